The van der Waals surface area contributed by atoms with Gasteiger partial charge in [0, 0.05) is 30.2 Å². The lowest BCUT2D eigenvalue weighted by atomic mass is 10.0. The number of methoxy groups -OCH3 is 1. The first-order valence-electron chi connectivity index (χ1n) is 9.63. The second-order valence-electron chi connectivity index (χ2n) is 6.76. The first kappa shape index (κ1) is 21.1. The maximum atomic E-state index is 13.5. The van der Waals surface area contributed by atoms with Gasteiger partial charge in [-0.25, -0.2) is 9.97 Å². The third-order valence-corrected chi connectivity index (χ3v) is 5.82. The molecule has 3 aromatic heterocycles. The number of carbonyl (C=O) groups is 1. The van der Waals surface area contributed by atoms with Gasteiger partial charge < -0.3 is 19.6 Å². The summed E-state index contributed by atoms with van der Waals surface area (Å²) in [7, 11) is 1.43. The molecule has 4 aromatic rings. The molecule has 0 saturated heterocycles. The van der Waals surface area contributed by atoms with Crippen molar-refractivity contribution in [1.82, 2.24) is 24.8 Å². The van der Waals surface area contributed by atoms with E-state index in [4.69, 9.17) is 27.9 Å². The molecule has 0 spiro atoms. The number of aromatic nitrogens is 4. The molecule has 0 radical (unpaired) electrons. The van der Waals surface area contributed by atoms with E-state index in [0.717, 1.165) is 0 Å². The topological polar surface area (TPSA) is 102 Å². The fourth-order valence-electron chi connectivity index (χ4n) is 3.65. The van der Waals surface area contributed by atoms with Crippen molar-refractivity contribution in [3.05, 3.63) is 50.6 Å². The Labute approximate surface area is 187 Å². The van der Waals surface area contributed by atoms with Crippen molar-refractivity contribution in [2.45, 2.75) is 20.4 Å². The maximum Gasteiger partial charge on any atom is 0.259 e. The van der Waals surface area contributed by atoms with Crippen LogP contribution in [0.4, 0.5) is 0 Å². The van der Waals surface area contributed by atoms with Gasteiger partial charge in [-0.2, -0.15) is 0 Å². The zero-order valence-electron chi connectivity index (χ0n) is 17.0. The summed E-state index contributed by atoms with van der Waals surface area (Å²) in [5.41, 5.74) is 2.20. The van der Waals surface area contributed by atoms with Crippen molar-refractivity contribution in [2.75, 3.05) is 13.7 Å². The summed E-state index contributed by atoms with van der Waals surface area (Å²) in [5.74, 6) is -0.145. The van der Waals surface area contributed by atoms with Crippen LogP contribution < -0.4 is 15.6 Å². The molecule has 0 fully saturated rings. The van der Waals surface area contributed by atoms with Crippen LogP contribution >= 0.6 is 23.2 Å². The fourth-order valence-corrected chi connectivity index (χ4v) is 4.37. The van der Waals surface area contributed by atoms with E-state index < -0.39 is 0 Å². The zero-order chi connectivity index (χ0) is 22.3. The van der Waals surface area contributed by atoms with E-state index in [-0.39, 0.29) is 44.0 Å². The predicted octanol–water partition coefficient (Wildman–Crippen LogP) is 4.02. The summed E-state index contributed by atoms with van der Waals surface area (Å²) in [6, 6.07) is 3.14. The third-order valence-electron chi connectivity index (χ3n) is 5.06. The van der Waals surface area contributed by atoms with Gasteiger partial charge in [0.25, 0.3) is 11.5 Å². The van der Waals surface area contributed by atoms with Crippen LogP contribution in [-0.2, 0) is 6.54 Å². The van der Waals surface area contributed by atoms with E-state index >= 15 is 0 Å². The van der Waals surface area contributed by atoms with E-state index in [0.29, 0.717) is 35.2 Å². The Hall–Kier alpha value is -3.10. The molecular formula is C21H19Cl2N5O3. The van der Waals surface area contributed by atoms with Crippen LogP contribution in [0.3, 0.4) is 0 Å². The number of nitrogens with zero attached hydrogens (tertiary/aromatic N) is 3. The van der Waals surface area contributed by atoms with Crippen molar-refractivity contribution in [1.29, 1.82) is 0 Å². The molecular weight excluding hydrogens is 441 g/mol. The third kappa shape index (κ3) is 3.32. The molecule has 4 rings (SSSR count). The van der Waals surface area contributed by atoms with Gasteiger partial charge >= 0.3 is 0 Å². The van der Waals surface area contributed by atoms with Crippen LogP contribution in [0.1, 0.15) is 24.2 Å². The van der Waals surface area contributed by atoms with E-state index in [1.54, 1.807) is 23.8 Å². The number of ether oxygens (including phenoxy) is 1. The number of imidazole rings is 1. The van der Waals surface area contributed by atoms with Crippen LogP contribution in [-0.4, -0.2) is 39.1 Å². The van der Waals surface area contributed by atoms with E-state index in [1.807, 2.05) is 6.92 Å². The number of amides is 1. The zero-order valence-corrected chi connectivity index (χ0v) is 18.6. The van der Waals surface area contributed by atoms with Crippen LogP contribution in [0, 0.1) is 0 Å². The Bertz CT molecular complexity index is 1390. The number of aryl methyl sites for hydroxylation is 1. The number of halogens is 2. The smallest absolute Gasteiger partial charge is 0.259 e. The number of pyridine rings is 2. The Morgan fingerprint density at radius 1 is 1.23 bits per heavy atom. The summed E-state index contributed by atoms with van der Waals surface area (Å²) in [5, 5.41) is 3.63. The van der Waals surface area contributed by atoms with Crippen molar-refractivity contribution < 1.29 is 9.53 Å². The Balaban J connectivity index is 2.11. The average molecular weight is 460 g/mol. The summed E-state index contributed by atoms with van der Waals surface area (Å²) in [6.07, 6.45) is 3.17. The number of hydrogen-bond donors (Lipinski definition) is 2. The molecule has 1 amide bonds. The SMILES string of the molecule is CCNC(=O)c1cc(OC)c(Cl)c(-c2cc3cnc4nc[nH]c4c3n(CC)c2=O)c1Cl. The minimum absolute atomic E-state index is 0.0754. The van der Waals surface area contributed by atoms with Crippen molar-refractivity contribution in [3.63, 3.8) is 0 Å². The first-order chi connectivity index (χ1) is 14.9. The molecule has 31 heavy (non-hydrogen) atoms. The molecule has 1 aromatic carbocycles. The number of rotatable bonds is 5. The normalized spacial score (nSPS) is 11.3. The molecule has 0 aliphatic heterocycles. The van der Waals surface area contributed by atoms with E-state index in [1.165, 1.54) is 19.5 Å². The summed E-state index contributed by atoms with van der Waals surface area (Å²) in [6.45, 7) is 4.47. The number of carbonyl (C=O) groups excluding carboxylic acids is 1. The second-order valence-corrected chi connectivity index (χ2v) is 7.52. The molecule has 0 aliphatic carbocycles. The lowest BCUT2D eigenvalue weighted by molar-refractivity contribution is 0.0955. The monoisotopic (exact) mass is 459 g/mol. The number of benzene rings is 1. The molecule has 0 bridgehead atoms. The number of fused-ring (bicyclic) bond motifs is 3. The fraction of sp³-hybridized carbons (Fsp3) is 0.238. The summed E-state index contributed by atoms with van der Waals surface area (Å²) < 4.78 is 6.96. The standard InChI is InChI=1S/C21H19Cl2N5O3/c1-4-24-20(29)12-7-13(31-3)16(23)14(15(12)22)11-6-10-8-25-19-17(26-9-27-19)18(10)28(5-2)21(11)30/h6-9H,4-5H2,1-3H3,(H,24,29)(H,25,26,27). The Kier molecular flexibility index (Phi) is 5.60. The molecule has 0 atom stereocenters. The van der Waals surface area contributed by atoms with Gasteiger partial charge in [-0.1, -0.05) is 23.2 Å². The first-order valence-corrected chi connectivity index (χ1v) is 10.4. The highest BCUT2D eigenvalue weighted by Crippen LogP contribution is 2.42. The largest absolute Gasteiger partial charge is 0.495 e. The molecule has 0 aliphatic rings. The molecule has 8 nitrogen and oxygen atoms in total. The average Bonchev–Trinajstić information content (AvgIpc) is 3.23. The highest BCUT2D eigenvalue weighted by molar-refractivity contribution is 6.42. The highest BCUT2D eigenvalue weighted by Gasteiger charge is 2.25. The van der Waals surface area contributed by atoms with Gasteiger partial charge in [0.05, 0.1) is 40.1 Å². The Morgan fingerprint density at radius 2 is 2.00 bits per heavy atom. The predicted molar refractivity (Wildman–Crippen MR) is 121 cm³/mol. The highest BCUT2D eigenvalue weighted by atomic mass is 35.5. The van der Waals surface area contributed by atoms with Gasteiger partial charge in [0.15, 0.2) is 5.65 Å². The van der Waals surface area contributed by atoms with E-state index in [9.17, 15) is 9.59 Å². The Morgan fingerprint density at radius 3 is 2.68 bits per heavy atom. The summed E-state index contributed by atoms with van der Waals surface area (Å²) >= 11 is 13.2. The van der Waals surface area contributed by atoms with Crippen molar-refractivity contribution in [3.8, 4) is 16.9 Å². The van der Waals surface area contributed by atoms with Crippen molar-refractivity contribution >= 4 is 51.2 Å². The second kappa shape index (κ2) is 8.20. The molecule has 10 heteroatoms. The van der Waals surface area contributed by atoms with Crippen LogP contribution in [0.15, 0.2) is 29.5 Å². The van der Waals surface area contributed by atoms with Gasteiger partial charge in [0.2, 0.25) is 0 Å². The maximum absolute atomic E-state index is 13.5. The molecule has 0 saturated carbocycles. The lowest BCUT2D eigenvalue weighted by Crippen LogP contribution is -2.24. The summed E-state index contributed by atoms with van der Waals surface area (Å²) in [4.78, 5) is 37.7. The van der Waals surface area contributed by atoms with Gasteiger partial charge in [-0.05, 0) is 26.0 Å². The van der Waals surface area contributed by atoms with E-state index in [2.05, 4.69) is 20.3 Å². The van der Waals surface area contributed by atoms with Crippen LogP contribution in [0.5, 0.6) is 5.75 Å². The minimum atomic E-state index is -0.388. The number of H-pyrrole nitrogens is 1. The van der Waals surface area contributed by atoms with Gasteiger partial charge in [-0.3, -0.25) is 9.59 Å². The van der Waals surface area contributed by atoms with Crippen LogP contribution in [0.25, 0.3) is 33.2 Å². The molecule has 0 unspecified atom stereocenters. The number of aromatic amines is 1. The molecule has 160 valence electrons. The molecule has 3 heterocycles. The minimum Gasteiger partial charge on any atom is -0.495 e. The quantitative estimate of drug-likeness (QED) is 0.469. The molecule has 2 N–H and O–H groups in total. The van der Waals surface area contributed by atoms with Crippen LogP contribution in [0.2, 0.25) is 10.0 Å². The van der Waals surface area contributed by atoms with Gasteiger partial charge in [-0.15, -0.1) is 0 Å². The van der Waals surface area contributed by atoms with Crippen molar-refractivity contribution in [2.24, 2.45) is 0 Å². The lowest BCUT2D eigenvalue weighted by Gasteiger charge is -2.17. The number of nitrogens with one attached hydrogen (secondary N) is 2. The number of hydrogen-bond acceptors (Lipinski definition) is 5. The van der Waals surface area contributed by atoms with Gasteiger partial charge in [0.1, 0.15) is 11.3 Å².